The highest BCUT2D eigenvalue weighted by atomic mass is 16.4. The summed E-state index contributed by atoms with van der Waals surface area (Å²) in [6.45, 7) is 7.13. The Hall–Kier alpha value is -2.38. The molecule has 0 aromatic carbocycles. The van der Waals surface area contributed by atoms with E-state index in [9.17, 15) is 14.4 Å². The van der Waals surface area contributed by atoms with Gasteiger partial charge >= 0.3 is 5.97 Å². The summed E-state index contributed by atoms with van der Waals surface area (Å²) in [7, 11) is 1.59. The molecule has 1 unspecified atom stereocenters. The molecule has 0 saturated carbocycles. The van der Waals surface area contributed by atoms with Crippen LogP contribution in [0.1, 0.15) is 47.9 Å². The van der Waals surface area contributed by atoms with Gasteiger partial charge in [-0.2, -0.15) is 5.10 Å². The van der Waals surface area contributed by atoms with Gasteiger partial charge in [0.2, 0.25) is 5.91 Å². The molecule has 8 nitrogen and oxygen atoms in total. The molecule has 2 amide bonds. The first-order chi connectivity index (χ1) is 12.3. The summed E-state index contributed by atoms with van der Waals surface area (Å²) in [5, 5.41) is 13.6. The number of carbonyl (C=O) groups excluding carboxylic acids is 2. The smallest absolute Gasteiger partial charge is 0.308 e. The summed E-state index contributed by atoms with van der Waals surface area (Å²) in [5.74, 6) is -1.85. The van der Waals surface area contributed by atoms with Gasteiger partial charge in [0.15, 0.2) is 0 Å². The van der Waals surface area contributed by atoms with Gasteiger partial charge < -0.3 is 14.9 Å². The molecule has 1 N–H and O–H groups in total. The van der Waals surface area contributed by atoms with Crippen LogP contribution in [0.25, 0.3) is 0 Å². The summed E-state index contributed by atoms with van der Waals surface area (Å²) in [6, 6.07) is 0. The molecule has 1 atom stereocenters. The first-order valence-corrected chi connectivity index (χ1v) is 9.06. The quantitative estimate of drug-likeness (QED) is 0.821. The second-order valence-electron chi connectivity index (χ2n) is 6.95. The van der Waals surface area contributed by atoms with Gasteiger partial charge in [-0.1, -0.05) is 6.92 Å². The Morgan fingerprint density at radius 2 is 2.00 bits per heavy atom. The van der Waals surface area contributed by atoms with Gasteiger partial charge in [0, 0.05) is 32.4 Å². The van der Waals surface area contributed by atoms with Crippen molar-refractivity contribution in [3.05, 3.63) is 17.0 Å². The maximum absolute atomic E-state index is 12.8. The van der Waals surface area contributed by atoms with Crippen LogP contribution in [-0.2, 0) is 16.1 Å². The van der Waals surface area contributed by atoms with E-state index in [1.54, 1.807) is 18.9 Å². The topological polar surface area (TPSA) is 95.7 Å². The Balaban J connectivity index is 2.05. The van der Waals surface area contributed by atoms with Crippen molar-refractivity contribution in [1.29, 1.82) is 0 Å². The second-order valence-corrected chi connectivity index (χ2v) is 6.95. The maximum Gasteiger partial charge on any atom is 0.308 e. The van der Waals surface area contributed by atoms with Gasteiger partial charge in [0.05, 0.1) is 23.7 Å². The van der Waals surface area contributed by atoms with E-state index in [4.69, 9.17) is 5.11 Å². The molecule has 0 bridgehead atoms. The van der Waals surface area contributed by atoms with Crippen molar-refractivity contribution in [1.82, 2.24) is 19.6 Å². The number of nitrogens with zero attached hydrogens (tertiary/aromatic N) is 4. The molecule has 0 aliphatic carbocycles. The lowest BCUT2D eigenvalue weighted by Gasteiger charge is -2.32. The third-order valence-electron chi connectivity index (χ3n) is 4.87. The minimum Gasteiger partial charge on any atom is -0.481 e. The van der Waals surface area contributed by atoms with Gasteiger partial charge in [0.25, 0.3) is 5.91 Å². The van der Waals surface area contributed by atoms with Crippen LogP contribution in [0.15, 0.2) is 0 Å². The molecule has 2 rings (SSSR count). The van der Waals surface area contributed by atoms with Crippen molar-refractivity contribution < 1.29 is 19.5 Å². The normalized spacial score (nSPS) is 17.2. The third-order valence-corrected chi connectivity index (χ3v) is 4.87. The van der Waals surface area contributed by atoms with Crippen molar-refractivity contribution in [2.75, 3.05) is 26.7 Å². The van der Waals surface area contributed by atoms with E-state index in [-0.39, 0.29) is 24.9 Å². The molecule has 1 fully saturated rings. The molecular weight excluding hydrogens is 336 g/mol. The number of carbonyl (C=O) groups is 3. The van der Waals surface area contributed by atoms with Crippen molar-refractivity contribution in [3.63, 3.8) is 0 Å². The Morgan fingerprint density at radius 1 is 1.31 bits per heavy atom. The Bertz CT molecular complexity index is 698. The average molecular weight is 364 g/mol. The average Bonchev–Trinajstić information content (AvgIpc) is 2.88. The number of carboxylic acids is 1. The molecule has 0 spiro atoms. The fraction of sp³-hybridized carbons (Fsp3) is 0.667. The number of aliphatic carboxylic acids is 1. The molecule has 1 aromatic heterocycles. The largest absolute Gasteiger partial charge is 0.481 e. The molecule has 26 heavy (non-hydrogen) atoms. The minimum absolute atomic E-state index is 0.0665. The van der Waals surface area contributed by atoms with Crippen LogP contribution in [0.2, 0.25) is 0 Å². The SMILES string of the molecule is CCCn1nc(C)c(C(=O)N(C)CC(=O)N2CCCC(C(=O)O)C2)c1C. The highest BCUT2D eigenvalue weighted by molar-refractivity contribution is 5.98. The number of aromatic nitrogens is 2. The lowest BCUT2D eigenvalue weighted by atomic mass is 9.98. The number of hydrogen-bond acceptors (Lipinski definition) is 4. The van der Waals surface area contributed by atoms with Crippen LogP contribution < -0.4 is 0 Å². The molecule has 1 aliphatic heterocycles. The van der Waals surface area contributed by atoms with Crippen LogP contribution in [0.5, 0.6) is 0 Å². The predicted molar refractivity (Wildman–Crippen MR) is 95.9 cm³/mol. The fourth-order valence-electron chi connectivity index (χ4n) is 3.41. The molecule has 144 valence electrons. The van der Waals surface area contributed by atoms with Crippen LogP contribution in [0.3, 0.4) is 0 Å². The van der Waals surface area contributed by atoms with Gasteiger partial charge in [-0.15, -0.1) is 0 Å². The molecule has 1 aromatic rings. The maximum atomic E-state index is 12.8. The number of carboxylic acid groups (broad SMARTS) is 1. The molecule has 2 heterocycles. The zero-order valence-electron chi connectivity index (χ0n) is 16.0. The fourth-order valence-corrected chi connectivity index (χ4v) is 3.41. The van der Waals surface area contributed by atoms with Gasteiger partial charge in [-0.05, 0) is 33.1 Å². The van der Waals surface area contributed by atoms with Crippen molar-refractivity contribution >= 4 is 17.8 Å². The van der Waals surface area contributed by atoms with Crippen LogP contribution in [-0.4, -0.2) is 69.2 Å². The predicted octanol–water partition coefficient (Wildman–Crippen LogP) is 1.31. The van der Waals surface area contributed by atoms with E-state index < -0.39 is 11.9 Å². The van der Waals surface area contributed by atoms with E-state index in [1.807, 2.05) is 18.5 Å². The first-order valence-electron chi connectivity index (χ1n) is 9.06. The lowest BCUT2D eigenvalue weighted by molar-refractivity contribution is -0.145. The van der Waals surface area contributed by atoms with Crippen molar-refractivity contribution in [2.45, 2.75) is 46.6 Å². The van der Waals surface area contributed by atoms with Crippen LogP contribution >= 0.6 is 0 Å². The minimum atomic E-state index is -0.874. The van der Waals surface area contributed by atoms with E-state index in [0.29, 0.717) is 30.6 Å². The molecule has 1 aliphatic rings. The number of likely N-dealkylation sites (tertiary alicyclic amines) is 1. The monoisotopic (exact) mass is 364 g/mol. The lowest BCUT2D eigenvalue weighted by Crippen LogP contribution is -2.47. The standard InChI is InChI=1S/C18H28N4O4/c1-5-8-22-13(3)16(12(2)19-22)17(24)20(4)11-15(23)21-9-6-7-14(10-21)18(25)26/h14H,5-11H2,1-4H3,(H,25,26). The van der Waals surface area contributed by atoms with E-state index in [0.717, 1.165) is 18.7 Å². The van der Waals surface area contributed by atoms with Gasteiger partial charge in [-0.25, -0.2) is 0 Å². The second kappa shape index (κ2) is 8.33. The number of likely N-dealkylation sites (N-methyl/N-ethyl adjacent to an activating group) is 1. The third kappa shape index (κ3) is 4.23. The van der Waals surface area contributed by atoms with E-state index >= 15 is 0 Å². The molecular formula is C18H28N4O4. The molecule has 1 saturated heterocycles. The van der Waals surface area contributed by atoms with Crippen molar-refractivity contribution in [2.24, 2.45) is 5.92 Å². The Morgan fingerprint density at radius 3 is 2.62 bits per heavy atom. The highest BCUT2D eigenvalue weighted by Gasteiger charge is 2.30. The summed E-state index contributed by atoms with van der Waals surface area (Å²) < 4.78 is 1.82. The number of amides is 2. The van der Waals surface area contributed by atoms with E-state index in [1.165, 1.54) is 4.90 Å². The number of piperidine rings is 1. The highest BCUT2D eigenvalue weighted by Crippen LogP contribution is 2.18. The number of hydrogen-bond donors (Lipinski definition) is 1. The molecule has 8 heteroatoms. The van der Waals surface area contributed by atoms with Crippen LogP contribution in [0, 0.1) is 19.8 Å². The zero-order valence-corrected chi connectivity index (χ0v) is 16.0. The summed E-state index contributed by atoms with van der Waals surface area (Å²) in [5.41, 5.74) is 2.00. The first kappa shape index (κ1) is 19.9. The van der Waals surface area contributed by atoms with Crippen molar-refractivity contribution in [3.8, 4) is 0 Å². The Kier molecular flexibility index (Phi) is 6.39. The summed E-state index contributed by atoms with van der Waals surface area (Å²) in [4.78, 5) is 39.4. The zero-order chi connectivity index (χ0) is 19.4. The van der Waals surface area contributed by atoms with Gasteiger partial charge in [-0.3, -0.25) is 19.1 Å². The van der Waals surface area contributed by atoms with E-state index in [2.05, 4.69) is 5.10 Å². The molecule has 0 radical (unpaired) electrons. The number of rotatable bonds is 6. The Labute approximate surface area is 153 Å². The summed E-state index contributed by atoms with van der Waals surface area (Å²) in [6.07, 6.45) is 2.18. The number of aryl methyl sites for hydroxylation is 2. The summed E-state index contributed by atoms with van der Waals surface area (Å²) >= 11 is 0. The van der Waals surface area contributed by atoms with Gasteiger partial charge in [0.1, 0.15) is 0 Å². The van der Waals surface area contributed by atoms with Crippen LogP contribution in [0.4, 0.5) is 0 Å².